The van der Waals surface area contributed by atoms with Gasteiger partial charge in [0.2, 0.25) is 0 Å². The Bertz CT molecular complexity index is 516. The molecule has 0 radical (unpaired) electrons. The minimum atomic E-state index is -3.46. The van der Waals surface area contributed by atoms with Crippen molar-refractivity contribution in [2.75, 3.05) is 27.4 Å². The molecule has 0 aliphatic carbocycles. The Labute approximate surface area is 133 Å². The number of nitrogens with two attached hydrogens (primary N) is 1. The zero-order valence-electron chi connectivity index (χ0n) is 12.6. The summed E-state index contributed by atoms with van der Waals surface area (Å²) >= 11 is 3.40. The number of benzene rings is 1. The van der Waals surface area contributed by atoms with Gasteiger partial charge in [0.15, 0.2) is 11.5 Å². The first-order valence-corrected chi connectivity index (χ1v) is 8.89. The van der Waals surface area contributed by atoms with Crippen LogP contribution in [0.5, 0.6) is 11.5 Å². The molecular weight excluding hydrogens is 361 g/mol. The summed E-state index contributed by atoms with van der Waals surface area (Å²) in [4.78, 5) is 0. The zero-order chi connectivity index (χ0) is 16.0. The second kappa shape index (κ2) is 8.15. The molecule has 1 atom stereocenters. The fraction of sp³-hybridized carbons (Fsp3) is 0.538. The van der Waals surface area contributed by atoms with Crippen LogP contribution in [0.4, 0.5) is 0 Å². The minimum absolute atomic E-state index is 0.246. The largest absolute Gasteiger partial charge is 0.493 e. The van der Waals surface area contributed by atoms with Gasteiger partial charge in [0.1, 0.15) is 5.78 Å². The molecular formula is C13H21BrNO5P. The van der Waals surface area contributed by atoms with Crippen molar-refractivity contribution in [1.82, 2.24) is 0 Å². The van der Waals surface area contributed by atoms with Crippen molar-refractivity contribution in [3.05, 3.63) is 22.2 Å². The number of ether oxygens (including phenoxy) is 2. The molecule has 8 heteroatoms. The summed E-state index contributed by atoms with van der Waals surface area (Å²) in [6.45, 7) is 3.97. The summed E-state index contributed by atoms with van der Waals surface area (Å²) in [6.07, 6.45) is 0. The Morgan fingerprint density at radius 3 is 2.05 bits per heavy atom. The van der Waals surface area contributed by atoms with Crippen LogP contribution in [-0.4, -0.2) is 27.4 Å². The standard InChI is InChI=1S/C13H21BrNO5P/c1-5-19-21(16,20-6-2)13(15)9-7-11(17-3)12(18-4)8-10(9)14/h7-8,13H,5-6,15H2,1-4H3/t13-/m1/s1. The molecule has 0 amide bonds. The second-order valence-corrected chi connectivity index (χ2v) is 7.06. The van der Waals surface area contributed by atoms with E-state index in [2.05, 4.69) is 15.9 Å². The second-order valence-electron chi connectivity index (χ2n) is 4.05. The maximum absolute atomic E-state index is 12.8. The molecule has 0 aromatic heterocycles. The third-order valence-electron chi connectivity index (χ3n) is 2.78. The quantitative estimate of drug-likeness (QED) is 0.691. The van der Waals surface area contributed by atoms with Crippen molar-refractivity contribution in [2.45, 2.75) is 19.6 Å². The molecule has 1 aromatic rings. The summed E-state index contributed by atoms with van der Waals surface area (Å²) in [5.74, 6) is 0.111. The van der Waals surface area contributed by atoms with E-state index in [9.17, 15) is 4.57 Å². The normalized spacial score (nSPS) is 13.0. The summed E-state index contributed by atoms with van der Waals surface area (Å²) in [7, 11) is -0.405. The molecule has 6 nitrogen and oxygen atoms in total. The van der Waals surface area contributed by atoms with Gasteiger partial charge in [-0.2, -0.15) is 0 Å². The summed E-state index contributed by atoms with van der Waals surface area (Å²) in [6, 6.07) is 3.37. The van der Waals surface area contributed by atoms with E-state index in [0.717, 1.165) is 0 Å². The fourth-order valence-electron chi connectivity index (χ4n) is 1.82. The van der Waals surface area contributed by atoms with Gasteiger partial charge >= 0.3 is 7.60 Å². The average Bonchev–Trinajstić information content (AvgIpc) is 2.46. The lowest BCUT2D eigenvalue weighted by Gasteiger charge is -2.24. The molecule has 0 spiro atoms. The van der Waals surface area contributed by atoms with E-state index in [4.69, 9.17) is 24.3 Å². The third-order valence-corrected chi connectivity index (χ3v) is 5.66. The highest BCUT2D eigenvalue weighted by Crippen LogP contribution is 2.59. The van der Waals surface area contributed by atoms with Crippen molar-refractivity contribution in [3.8, 4) is 11.5 Å². The van der Waals surface area contributed by atoms with Crippen LogP contribution in [0.2, 0.25) is 0 Å². The topological polar surface area (TPSA) is 80.0 Å². The lowest BCUT2D eigenvalue weighted by atomic mass is 10.2. The lowest BCUT2D eigenvalue weighted by molar-refractivity contribution is 0.212. The first-order chi connectivity index (χ1) is 9.93. The van der Waals surface area contributed by atoms with Gasteiger partial charge in [-0.05, 0) is 31.5 Å². The maximum atomic E-state index is 12.8. The molecule has 0 saturated heterocycles. The molecule has 2 N–H and O–H groups in total. The first kappa shape index (κ1) is 18.5. The minimum Gasteiger partial charge on any atom is -0.493 e. The van der Waals surface area contributed by atoms with Crippen molar-refractivity contribution in [1.29, 1.82) is 0 Å². The first-order valence-electron chi connectivity index (χ1n) is 6.49. The van der Waals surface area contributed by atoms with E-state index in [0.29, 0.717) is 21.5 Å². The van der Waals surface area contributed by atoms with Gasteiger partial charge in [0.25, 0.3) is 0 Å². The predicted octanol–water partition coefficient (Wildman–Crippen LogP) is 3.69. The van der Waals surface area contributed by atoms with Crippen LogP contribution in [0.15, 0.2) is 16.6 Å². The molecule has 0 bridgehead atoms. The molecule has 0 heterocycles. The SMILES string of the molecule is CCOP(=O)(OCC)[C@@H](N)c1cc(OC)c(OC)cc1Br. The predicted molar refractivity (Wildman–Crippen MR) is 85.0 cm³/mol. The van der Waals surface area contributed by atoms with Gasteiger partial charge < -0.3 is 24.3 Å². The van der Waals surface area contributed by atoms with Crippen LogP contribution in [0.25, 0.3) is 0 Å². The van der Waals surface area contributed by atoms with E-state index in [1.807, 2.05) is 0 Å². The van der Waals surface area contributed by atoms with Crippen molar-refractivity contribution < 1.29 is 23.1 Å². The van der Waals surface area contributed by atoms with Gasteiger partial charge in [-0.3, -0.25) is 4.57 Å². The fourth-order valence-corrected chi connectivity index (χ4v) is 4.24. The van der Waals surface area contributed by atoms with E-state index in [-0.39, 0.29) is 13.2 Å². The Hall–Kier alpha value is -0.590. The smallest absolute Gasteiger partial charge is 0.351 e. The Balaban J connectivity index is 3.27. The van der Waals surface area contributed by atoms with E-state index < -0.39 is 13.4 Å². The summed E-state index contributed by atoms with van der Waals surface area (Å²) < 4.78 is 34.4. The highest BCUT2D eigenvalue weighted by atomic mass is 79.9. The molecule has 0 unspecified atom stereocenters. The number of halogens is 1. The average molecular weight is 382 g/mol. The Morgan fingerprint density at radius 2 is 1.62 bits per heavy atom. The van der Waals surface area contributed by atoms with Crippen molar-refractivity contribution in [2.24, 2.45) is 5.73 Å². The van der Waals surface area contributed by atoms with Crippen molar-refractivity contribution in [3.63, 3.8) is 0 Å². The molecule has 0 aliphatic heterocycles. The number of hydrogen-bond acceptors (Lipinski definition) is 6. The van der Waals surface area contributed by atoms with Crippen LogP contribution in [-0.2, 0) is 13.6 Å². The molecule has 120 valence electrons. The molecule has 1 rings (SSSR count). The highest BCUT2D eigenvalue weighted by molar-refractivity contribution is 9.10. The summed E-state index contributed by atoms with van der Waals surface area (Å²) in [5.41, 5.74) is 6.69. The monoisotopic (exact) mass is 381 g/mol. The molecule has 1 aromatic carbocycles. The third kappa shape index (κ3) is 4.20. The van der Waals surface area contributed by atoms with E-state index in [1.54, 1.807) is 26.0 Å². The lowest BCUT2D eigenvalue weighted by Crippen LogP contribution is -2.16. The van der Waals surface area contributed by atoms with Crippen LogP contribution < -0.4 is 15.2 Å². The van der Waals surface area contributed by atoms with E-state index in [1.165, 1.54) is 14.2 Å². The highest BCUT2D eigenvalue weighted by Gasteiger charge is 2.35. The van der Waals surface area contributed by atoms with Crippen LogP contribution in [0.1, 0.15) is 25.2 Å². The zero-order valence-corrected chi connectivity index (χ0v) is 15.1. The van der Waals surface area contributed by atoms with Gasteiger partial charge in [-0.15, -0.1) is 0 Å². The summed E-state index contributed by atoms with van der Waals surface area (Å²) in [5, 5.41) is 0. The van der Waals surface area contributed by atoms with Crippen LogP contribution in [0, 0.1) is 0 Å². The molecule has 0 aliphatic rings. The van der Waals surface area contributed by atoms with Gasteiger partial charge in [0.05, 0.1) is 27.4 Å². The number of rotatable bonds is 8. The Kier molecular flexibility index (Phi) is 7.16. The van der Waals surface area contributed by atoms with E-state index >= 15 is 0 Å². The number of methoxy groups -OCH3 is 2. The molecule has 0 saturated carbocycles. The Morgan fingerprint density at radius 1 is 1.14 bits per heavy atom. The van der Waals surface area contributed by atoms with Gasteiger partial charge in [-0.1, -0.05) is 15.9 Å². The van der Waals surface area contributed by atoms with Crippen LogP contribution in [0.3, 0.4) is 0 Å². The van der Waals surface area contributed by atoms with Gasteiger partial charge in [-0.25, -0.2) is 0 Å². The van der Waals surface area contributed by atoms with Crippen molar-refractivity contribution >= 4 is 23.5 Å². The van der Waals surface area contributed by atoms with Gasteiger partial charge in [0, 0.05) is 4.47 Å². The number of hydrogen-bond donors (Lipinski definition) is 1. The molecule has 0 fully saturated rings. The van der Waals surface area contributed by atoms with Crippen LogP contribution >= 0.6 is 23.5 Å². The maximum Gasteiger partial charge on any atom is 0.351 e. The molecule has 21 heavy (non-hydrogen) atoms.